The van der Waals surface area contributed by atoms with E-state index < -0.39 is 47.6 Å². The molecule has 1 unspecified atom stereocenters. The fourth-order valence-corrected chi connectivity index (χ4v) is 2.95. The first-order valence-electron chi connectivity index (χ1n) is 7.89. The molecule has 3 rings (SSSR count). The molecule has 2 aromatic rings. The molecule has 0 saturated carbocycles. The van der Waals surface area contributed by atoms with E-state index in [0.29, 0.717) is 17.3 Å². The first-order valence-corrected chi connectivity index (χ1v) is 7.89. The highest BCUT2D eigenvalue weighted by molar-refractivity contribution is 5.92. The molecule has 0 aliphatic carbocycles. The van der Waals surface area contributed by atoms with Gasteiger partial charge in [0.1, 0.15) is 12.2 Å². The molecule has 27 heavy (non-hydrogen) atoms. The van der Waals surface area contributed by atoms with Crippen LogP contribution in [-0.2, 0) is 9.53 Å². The van der Waals surface area contributed by atoms with E-state index in [-0.39, 0.29) is 5.56 Å². The Kier molecular flexibility index (Phi) is 4.89. The van der Waals surface area contributed by atoms with Crippen molar-refractivity contribution in [1.82, 2.24) is 0 Å². The zero-order chi connectivity index (χ0) is 19.7. The maximum Gasteiger partial charge on any atom is 0.338 e. The number of nitrogens with zero attached hydrogens (tertiary/aromatic N) is 1. The summed E-state index contributed by atoms with van der Waals surface area (Å²) in [5, 5.41) is 9.42. The van der Waals surface area contributed by atoms with Crippen LogP contribution in [0.15, 0.2) is 54.0 Å². The predicted molar refractivity (Wildman–Crippen MR) is 90.0 cm³/mol. The molecule has 1 atom stereocenters. The Morgan fingerprint density at radius 3 is 2.48 bits per heavy atom. The lowest BCUT2D eigenvalue weighted by Gasteiger charge is -2.32. The molecule has 5 nitrogen and oxygen atoms in total. The Morgan fingerprint density at radius 1 is 1.11 bits per heavy atom. The van der Waals surface area contributed by atoms with Gasteiger partial charge in [-0.2, -0.15) is 4.39 Å². The molecule has 1 N–H and O–H groups in total. The van der Waals surface area contributed by atoms with E-state index in [9.17, 15) is 27.9 Å². The first-order chi connectivity index (χ1) is 12.8. The summed E-state index contributed by atoms with van der Waals surface area (Å²) in [6.07, 6.45) is 0. The molecule has 2 aromatic carbocycles. The van der Waals surface area contributed by atoms with Gasteiger partial charge in [-0.15, -0.1) is 0 Å². The van der Waals surface area contributed by atoms with Crippen LogP contribution in [0.2, 0.25) is 0 Å². The number of anilines is 1. The largest absolute Gasteiger partial charge is 0.478 e. The van der Waals surface area contributed by atoms with E-state index in [2.05, 4.69) is 0 Å². The van der Waals surface area contributed by atoms with Gasteiger partial charge in [-0.3, -0.25) is 0 Å². The van der Waals surface area contributed by atoms with Gasteiger partial charge in [0.15, 0.2) is 11.6 Å². The van der Waals surface area contributed by atoms with Crippen molar-refractivity contribution in [3.63, 3.8) is 0 Å². The van der Waals surface area contributed by atoms with Crippen molar-refractivity contribution in [2.75, 3.05) is 18.6 Å². The third-order valence-corrected chi connectivity index (χ3v) is 4.31. The molecule has 1 aliphatic heterocycles. The van der Waals surface area contributed by atoms with E-state index in [0.717, 1.165) is 17.0 Å². The maximum absolute atomic E-state index is 14.6. The summed E-state index contributed by atoms with van der Waals surface area (Å²) >= 11 is 0. The standard InChI is InChI=1S/C19H14F3NO4/c1-23-15-5-3-2-4-11(15)12(16(17(23)22)18(24)25)9-27-19(26)10-6-7-13(20)14(21)8-10/h2-8,12H,9H2,1H3,(H,24,25). The lowest BCUT2D eigenvalue weighted by Crippen LogP contribution is -2.30. The van der Waals surface area contributed by atoms with Gasteiger partial charge in [-0.05, 0) is 29.8 Å². The van der Waals surface area contributed by atoms with Gasteiger partial charge in [-0.25, -0.2) is 18.4 Å². The third kappa shape index (κ3) is 3.38. The van der Waals surface area contributed by atoms with Crippen molar-refractivity contribution in [3.05, 3.63) is 76.7 Å². The molecule has 0 aromatic heterocycles. The fraction of sp³-hybridized carbons (Fsp3) is 0.158. The van der Waals surface area contributed by atoms with Crippen molar-refractivity contribution < 1.29 is 32.6 Å². The molecule has 0 fully saturated rings. The first kappa shape index (κ1) is 18.5. The highest BCUT2D eigenvalue weighted by atomic mass is 19.2. The number of aliphatic carboxylic acids is 1. The number of hydrogen-bond donors (Lipinski definition) is 1. The Hall–Kier alpha value is -3.29. The van der Waals surface area contributed by atoms with Crippen LogP contribution in [0.1, 0.15) is 21.8 Å². The van der Waals surface area contributed by atoms with Gasteiger partial charge >= 0.3 is 11.9 Å². The average molecular weight is 377 g/mol. The van der Waals surface area contributed by atoms with Gasteiger partial charge in [0.2, 0.25) is 5.95 Å². The molecule has 0 radical (unpaired) electrons. The summed E-state index contributed by atoms with van der Waals surface area (Å²) in [5.41, 5.74) is 0.122. The van der Waals surface area contributed by atoms with Gasteiger partial charge in [0.25, 0.3) is 0 Å². The number of carbonyl (C=O) groups excluding carboxylic acids is 1. The number of rotatable bonds is 4. The van der Waals surface area contributed by atoms with Crippen molar-refractivity contribution in [1.29, 1.82) is 0 Å². The number of carboxylic acids is 1. The molecular weight excluding hydrogens is 363 g/mol. The minimum Gasteiger partial charge on any atom is -0.478 e. The van der Waals surface area contributed by atoms with Crippen LogP contribution in [0.3, 0.4) is 0 Å². The number of esters is 1. The van der Waals surface area contributed by atoms with E-state index in [1.807, 2.05) is 0 Å². The number of halogens is 3. The number of carbonyl (C=O) groups is 2. The molecule has 1 aliphatic rings. The summed E-state index contributed by atoms with van der Waals surface area (Å²) in [6.45, 7) is -0.474. The number of benzene rings is 2. The molecule has 0 saturated heterocycles. The van der Waals surface area contributed by atoms with E-state index in [1.165, 1.54) is 7.05 Å². The van der Waals surface area contributed by atoms with Crippen LogP contribution < -0.4 is 4.90 Å². The smallest absolute Gasteiger partial charge is 0.338 e. The Morgan fingerprint density at radius 2 is 1.81 bits per heavy atom. The highest BCUT2D eigenvalue weighted by Crippen LogP contribution is 2.41. The second kappa shape index (κ2) is 7.14. The number of ether oxygens (including phenoxy) is 1. The predicted octanol–water partition coefficient (Wildman–Crippen LogP) is 3.62. The van der Waals surface area contributed by atoms with Crippen LogP contribution in [0.4, 0.5) is 18.9 Å². The minimum absolute atomic E-state index is 0.239. The summed E-state index contributed by atoms with van der Waals surface area (Å²) in [4.78, 5) is 24.8. The molecular formula is C19H14F3NO4. The quantitative estimate of drug-likeness (QED) is 0.651. The summed E-state index contributed by atoms with van der Waals surface area (Å²) in [7, 11) is 1.39. The van der Waals surface area contributed by atoms with Crippen LogP contribution in [-0.4, -0.2) is 30.7 Å². The van der Waals surface area contributed by atoms with Crippen molar-refractivity contribution in [2.45, 2.75) is 5.92 Å². The molecule has 0 spiro atoms. The maximum atomic E-state index is 14.6. The number of para-hydroxylation sites is 1. The fourth-order valence-electron chi connectivity index (χ4n) is 2.95. The lowest BCUT2D eigenvalue weighted by molar-refractivity contribution is -0.133. The lowest BCUT2D eigenvalue weighted by atomic mass is 9.87. The SMILES string of the molecule is CN1C(F)=C(C(=O)O)C(COC(=O)c2ccc(F)c(F)c2)c2ccccc21. The van der Waals surface area contributed by atoms with Crippen LogP contribution >= 0.6 is 0 Å². The van der Waals surface area contributed by atoms with Crippen LogP contribution in [0, 0.1) is 11.6 Å². The van der Waals surface area contributed by atoms with E-state index >= 15 is 0 Å². The van der Waals surface area contributed by atoms with Crippen molar-refractivity contribution in [3.8, 4) is 0 Å². The van der Waals surface area contributed by atoms with Crippen molar-refractivity contribution in [2.24, 2.45) is 0 Å². The molecule has 1 heterocycles. The Balaban J connectivity index is 1.90. The zero-order valence-electron chi connectivity index (χ0n) is 14.1. The topological polar surface area (TPSA) is 66.8 Å². The molecule has 140 valence electrons. The van der Waals surface area contributed by atoms with Gasteiger partial charge in [0, 0.05) is 12.7 Å². The monoisotopic (exact) mass is 377 g/mol. The van der Waals surface area contributed by atoms with Gasteiger partial charge in [-0.1, -0.05) is 18.2 Å². The molecule has 0 amide bonds. The molecule has 8 heteroatoms. The summed E-state index contributed by atoms with van der Waals surface area (Å²) in [6, 6.07) is 9.03. The summed E-state index contributed by atoms with van der Waals surface area (Å²) < 4.78 is 45.9. The zero-order valence-corrected chi connectivity index (χ0v) is 14.1. The molecule has 0 bridgehead atoms. The minimum atomic E-state index is -1.48. The third-order valence-electron chi connectivity index (χ3n) is 4.31. The van der Waals surface area contributed by atoms with Gasteiger partial charge in [0.05, 0.1) is 11.5 Å². The Bertz CT molecular complexity index is 958. The summed E-state index contributed by atoms with van der Waals surface area (Å²) in [5.74, 6) is -6.81. The van der Waals surface area contributed by atoms with Crippen LogP contribution in [0.25, 0.3) is 0 Å². The Labute approximate surface area is 152 Å². The second-order valence-corrected chi connectivity index (χ2v) is 5.91. The number of hydrogen-bond acceptors (Lipinski definition) is 4. The second-order valence-electron chi connectivity index (χ2n) is 5.91. The van der Waals surface area contributed by atoms with Gasteiger partial charge < -0.3 is 14.7 Å². The van der Waals surface area contributed by atoms with E-state index in [4.69, 9.17) is 4.74 Å². The number of carboxylic acid groups (broad SMARTS) is 1. The number of fused-ring (bicyclic) bond motifs is 1. The highest BCUT2D eigenvalue weighted by Gasteiger charge is 2.36. The van der Waals surface area contributed by atoms with E-state index in [1.54, 1.807) is 24.3 Å². The van der Waals surface area contributed by atoms with Crippen molar-refractivity contribution >= 4 is 17.6 Å². The normalized spacial score (nSPS) is 16.1. The van der Waals surface area contributed by atoms with Crippen LogP contribution in [0.5, 0.6) is 0 Å². The average Bonchev–Trinajstić information content (AvgIpc) is 2.65.